The van der Waals surface area contributed by atoms with Crippen LogP contribution in [0.3, 0.4) is 0 Å². The summed E-state index contributed by atoms with van der Waals surface area (Å²) in [5.41, 5.74) is 1.02. The zero-order valence-corrected chi connectivity index (χ0v) is 27.3. The Morgan fingerprint density at radius 2 is 1.63 bits per heavy atom. The molecule has 1 saturated carbocycles. The number of halogens is 4. The molecule has 0 aliphatic heterocycles. The van der Waals surface area contributed by atoms with Gasteiger partial charge in [0.2, 0.25) is 11.9 Å². The lowest BCUT2D eigenvalue weighted by Gasteiger charge is -2.19. The number of carbonyl (C=O) groups excluding carboxylic acids is 4. The molecule has 0 saturated heterocycles. The summed E-state index contributed by atoms with van der Waals surface area (Å²) >= 11 is 6.02. The predicted molar refractivity (Wildman–Crippen MR) is 176 cm³/mol. The third-order valence-electron chi connectivity index (χ3n) is 7.26. The van der Waals surface area contributed by atoms with Crippen LogP contribution >= 0.6 is 11.6 Å². The molecule has 51 heavy (non-hydrogen) atoms. The number of aromatic nitrogens is 4. The lowest BCUT2D eigenvalue weighted by molar-refractivity contribution is -0.154. The number of benzene rings is 2. The topological polar surface area (TPSA) is 198 Å². The van der Waals surface area contributed by atoms with Crippen LogP contribution in [0.15, 0.2) is 73.1 Å². The van der Waals surface area contributed by atoms with Crippen LogP contribution in [0.25, 0.3) is 0 Å². The maximum absolute atomic E-state index is 13.0. The Bertz CT molecular complexity index is 1880. The van der Waals surface area contributed by atoms with E-state index < -0.39 is 60.6 Å². The molecule has 0 unspecified atom stereocenters. The molecule has 3 amide bonds. The number of methoxy groups -OCH3 is 1. The maximum atomic E-state index is 13.0. The number of amides is 3. The number of nitrogens with one attached hydrogen (secondary N) is 5. The highest BCUT2D eigenvalue weighted by molar-refractivity contribution is 6.39. The van der Waals surface area contributed by atoms with Crippen molar-refractivity contribution in [2.24, 2.45) is 0 Å². The lowest BCUT2D eigenvalue weighted by Crippen LogP contribution is -2.50. The van der Waals surface area contributed by atoms with Gasteiger partial charge in [-0.1, -0.05) is 23.7 Å². The smallest absolute Gasteiger partial charge is 0.422 e. The number of anilines is 4. The van der Waals surface area contributed by atoms with Crippen LogP contribution in [-0.4, -0.2) is 76.1 Å². The van der Waals surface area contributed by atoms with E-state index in [0.29, 0.717) is 23.6 Å². The Balaban J connectivity index is 1.24. The zero-order chi connectivity index (χ0) is 36.6. The molecule has 0 bridgehead atoms. The molecule has 266 valence electrons. The van der Waals surface area contributed by atoms with E-state index >= 15 is 0 Å². The summed E-state index contributed by atoms with van der Waals surface area (Å²) in [6.07, 6.45) is -0.416. The van der Waals surface area contributed by atoms with Gasteiger partial charge in [-0.15, -0.1) is 0 Å². The molecule has 1 atom stereocenters. The molecule has 2 heterocycles. The van der Waals surface area contributed by atoms with Crippen LogP contribution in [-0.2, 0) is 24.7 Å². The van der Waals surface area contributed by atoms with Crippen molar-refractivity contribution >= 4 is 58.6 Å². The highest BCUT2D eigenvalue weighted by atomic mass is 35.5. The molecule has 1 fully saturated rings. The number of alkyl halides is 3. The Hall–Kier alpha value is -6.04. The van der Waals surface area contributed by atoms with Gasteiger partial charge in [-0.2, -0.15) is 28.1 Å². The van der Waals surface area contributed by atoms with E-state index in [-0.39, 0.29) is 23.1 Å². The van der Waals surface area contributed by atoms with Gasteiger partial charge < -0.3 is 36.1 Å². The van der Waals surface area contributed by atoms with E-state index in [0.717, 1.165) is 12.7 Å². The van der Waals surface area contributed by atoms with Gasteiger partial charge in [0.15, 0.2) is 6.61 Å². The number of hydrogen-bond acceptors (Lipinski definition) is 12. The number of pyridine rings is 1. The molecular formula is C32H29ClF3N9O6. The number of nitrogens with zero attached hydrogens (tertiary/aromatic N) is 4. The van der Waals surface area contributed by atoms with Gasteiger partial charge >= 0.3 is 30.0 Å². The van der Waals surface area contributed by atoms with Crippen molar-refractivity contribution in [3.63, 3.8) is 0 Å². The van der Waals surface area contributed by atoms with Crippen LogP contribution in [0, 0.1) is 0 Å². The molecule has 4 aromatic rings. The number of esters is 1. The first-order chi connectivity index (χ1) is 24.3. The fourth-order valence-electron chi connectivity index (χ4n) is 4.58. The van der Waals surface area contributed by atoms with Crippen molar-refractivity contribution in [1.29, 1.82) is 0 Å². The second-order valence-electron chi connectivity index (χ2n) is 11.0. The molecule has 5 rings (SSSR count). The van der Waals surface area contributed by atoms with E-state index in [1.807, 2.05) is 12.1 Å². The molecule has 1 aliphatic carbocycles. The van der Waals surface area contributed by atoms with E-state index in [2.05, 4.69) is 46.5 Å². The van der Waals surface area contributed by atoms with Gasteiger partial charge in [0.05, 0.1) is 24.5 Å². The summed E-state index contributed by atoms with van der Waals surface area (Å²) in [5, 5.41) is 13.6. The van der Waals surface area contributed by atoms with Crippen LogP contribution < -0.4 is 31.3 Å². The monoisotopic (exact) mass is 727 g/mol. The lowest BCUT2D eigenvalue weighted by atomic mass is 10.1. The van der Waals surface area contributed by atoms with Crippen molar-refractivity contribution < 1.29 is 41.8 Å². The average Bonchev–Trinajstić information content (AvgIpc) is 3.89. The SMILES string of the molecule is COC(=O)[C@H](CNC(=O)C(=O)Nc1cccnc1)NC(=O)c1ccc(Nc2nc(NC3(c4ccc(Cl)cc4)CC3)nc(OCC(F)(F)F)n2)cc1. The van der Waals surface area contributed by atoms with Crippen molar-refractivity contribution in [2.75, 3.05) is 36.2 Å². The highest BCUT2D eigenvalue weighted by Crippen LogP contribution is 2.48. The van der Waals surface area contributed by atoms with Gasteiger partial charge in [-0.25, -0.2) is 4.79 Å². The van der Waals surface area contributed by atoms with Gasteiger partial charge in [0.1, 0.15) is 6.04 Å². The minimum absolute atomic E-state index is 0.0383. The molecule has 5 N–H and O–H groups in total. The number of rotatable bonds is 13. The van der Waals surface area contributed by atoms with Crippen LogP contribution in [0.5, 0.6) is 6.01 Å². The molecular weight excluding hydrogens is 699 g/mol. The number of ether oxygens (including phenoxy) is 2. The van der Waals surface area contributed by atoms with E-state index in [9.17, 15) is 32.3 Å². The summed E-state index contributed by atoms with van der Waals surface area (Å²) in [5.74, 6) is -3.89. The molecule has 0 spiro atoms. The summed E-state index contributed by atoms with van der Waals surface area (Å²) in [6.45, 7) is -2.10. The molecule has 2 aromatic heterocycles. The van der Waals surface area contributed by atoms with Gasteiger partial charge in [-0.05, 0) is 66.9 Å². The highest BCUT2D eigenvalue weighted by Gasteiger charge is 2.45. The van der Waals surface area contributed by atoms with Gasteiger partial charge in [0.25, 0.3) is 5.91 Å². The maximum Gasteiger partial charge on any atom is 0.422 e. The Kier molecular flexibility index (Phi) is 11.1. The quantitative estimate of drug-likeness (QED) is 0.0990. The summed E-state index contributed by atoms with van der Waals surface area (Å²) in [7, 11) is 1.09. The second kappa shape index (κ2) is 15.7. The largest absolute Gasteiger partial charge is 0.467 e. The van der Waals surface area contributed by atoms with Gasteiger partial charge in [-0.3, -0.25) is 19.4 Å². The second-order valence-corrected chi connectivity index (χ2v) is 11.5. The van der Waals surface area contributed by atoms with E-state index in [1.54, 1.807) is 18.2 Å². The minimum Gasteiger partial charge on any atom is -0.467 e. The number of carbonyl (C=O) groups is 4. The van der Waals surface area contributed by atoms with Crippen molar-refractivity contribution in [3.05, 3.63) is 89.2 Å². The first kappa shape index (κ1) is 36.2. The zero-order valence-electron chi connectivity index (χ0n) is 26.6. The number of hydrogen-bond donors (Lipinski definition) is 5. The fraction of sp³-hybridized carbons (Fsp3) is 0.250. The first-order valence-electron chi connectivity index (χ1n) is 15.1. The van der Waals surface area contributed by atoms with Crippen molar-refractivity contribution in [3.8, 4) is 6.01 Å². The molecule has 2 aromatic carbocycles. The fourth-order valence-corrected chi connectivity index (χ4v) is 4.71. The Morgan fingerprint density at radius 1 is 0.922 bits per heavy atom. The molecule has 0 radical (unpaired) electrons. The summed E-state index contributed by atoms with van der Waals surface area (Å²) in [4.78, 5) is 65.9. The van der Waals surface area contributed by atoms with Crippen LogP contribution in [0.1, 0.15) is 28.8 Å². The Morgan fingerprint density at radius 3 is 2.25 bits per heavy atom. The van der Waals surface area contributed by atoms with Crippen molar-refractivity contribution in [2.45, 2.75) is 30.6 Å². The first-order valence-corrected chi connectivity index (χ1v) is 15.5. The van der Waals surface area contributed by atoms with E-state index in [4.69, 9.17) is 21.1 Å². The van der Waals surface area contributed by atoms with E-state index in [1.165, 1.54) is 42.7 Å². The van der Waals surface area contributed by atoms with Crippen molar-refractivity contribution in [1.82, 2.24) is 30.6 Å². The minimum atomic E-state index is -4.64. The summed E-state index contributed by atoms with van der Waals surface area (Å²) in [6, 6.07) is 13.9. The Labute approximate surface area is 292 Å². The summed E-state index contributed by atoms with van der Waals surface area (Å²) < 4.78 is 48.3. The average molecular weight is 728 g/mol. The predicted octanol–water partition coefficient (Wildman–Crippen LogP) is 3.73. The third kappa shape index (κ3) is 10.2. The normalized spacial score (nSPS) is 13.6. The van der Waals surface area contributed by atoms with Crippen LogP contribution in [0.2, 0.25) is 5.02 Å². The van der Waals surface area contributed by atoms with Gasteiger partial charge in [0, 0.05) is 29.0 Å². The molecule has 19 heteroatoms. The molecule has 15 nitrogen and oxygen atoms in total. The van der Waals surface area contributed by atoms with Crippen LogP contribution in [0.4, 0.5) is 36.4 Å². The third-order valence-corrected chi connectivity index (χ3v) is 7.52. The molecule has 1 aliphatic rings. The standard InChI is InChI=1S/C32H29ClF3N9O6/c1-50-27(49)23(16-38-25(47)26(48)39-22-3-2-14-37-15-22)41-24(46)18-4-10-21(11-5-18)40-28-42-29(44-30(43-28)51-17-32(34,35)36)45-31(12-13-31)19-6-8-20(33)9-7-19/h2-11,14-15,23H,12-13,16-17H2,1H3,(H,38,47)(H,39,48)(H,41,46)(H2,40,42,43,44,45)/t23-/m0/s1.